The van der Waals surface area contributed by atoms with E-state index < -0.39 is 11.9 Å². The van der Waals surface area contributed by atoms with Crippen LogP contribution < -0.4 is 5.32 Å². The number of carboxylic acids is 1. The number of carbonyl (C=O) groups is 3. The largest absolute Gasteiger partial charge is 0.481 e. The molecule has 3 rings (SSSR count). The van der Waals surface area contributed by atoms with Gasteiger partial charge >= 0.3 is 5.97 Å². The minimum absolute atomic E-state index is 0.0779. The molecule has 7 heteroatoms. The van der Waals surface area contributed by atoms with E-state index in [4.69, 9.17) is 4.42 Å². The van der Waals surface area contributed by atoms with Crippen molar-refractivity contribution in [3.05, 3.63) is 24.2 Å². The van der Waals surface area contributed by atoms with Gasteiger partial charge in [-0.25, -0.2) is 0 Å². The Morgan fingerprint density at radius 3 is 2.70 bits per heavy atom. The van der Waals surface area contributed by atoms with E-state index in [9.17, 15) is 19.5 Å². The molecule has 23 heavy (non-hydrogen) atoms. The number of nitrogens with one attached hydrogen (secondary N) is 1. The molecule has 1 aromatic heterocycles. The molecule has 0 spiro atoms. The first-order valence-electron chi connectivity index (χ1n) is 7.88. The number of rotatable bonds is 6. The Morgan fingerprint density at radius 2 is 2.09 bits per heavy atom. The van der Waals surface area contributed by atoms with Gasteiger partial charge in [0, 0.05) is 26.1 Å². The molecule has 0 radical (unpaired) electrons. The fourth-order valence-corrected chi connectivity index (χ4v) is 3.23. The van der Waals surface area contributed by atoms with Crippen molar-refractivity contribution < 1.29 is 23.9 Å². The van der Waals surface area contributed by atoms with Crippen LogP contribution in [0.2, 0.25) is 0 Å². The van der Waals surface area contributed by atoms with E-state index in [2.05, 4.69) is 5.32 Å². The van der Waals surface area contributed by atoms with Crippen LogP contribution in [0.15, 0.2) is 22.8 Å². The summed E-state index contributed by atoms with van der Waals surface area (Å²) in [5.41, 5.74) is 0. The van der Waals surface area contributed by atoms with Gasteiger partial charge in [-0.1, -0.05) is 0 Å². The van der Waals surface area contributed by atoms with Gasteiger partial charge in [-0.05, 0) is 36.8 Å². The molecule has 2 fully saturated rings. The maximum Gasteiger partial charge on any atom is 0.308 e. The molecule has 2 N–H and O–H groups in total. The Hall–Kier alpha value is -2.31. The molecule has 2 atom stereocenters. The van der Waals surface area contributed by atoms with E-state index in [1.165, 1.54) is 6.26 Å². The Kier molecular flexibility index (Phi) is 4.36. The third-order valence-electron chi connectivity index (χ3n) is 4.63. The van der Waals surface area contributed by atoms with E-state index in [0.29, 0.717) is 12.5 Å². The lowest BCUT2D eigenvalue weighted by atomic mass is 9.92. The molecule has 2 aliphatic rings. The fourth-order valence-electron chi connectivity index (χ4n) is 3.23. The molecular weight excluding hydrogens is 300 g/mol. The molecule has 1 saturated heterocycles. The first-order chi connectivity index (χ1) is 11.1. The number of likely N-dealkylation sites (tertiary alicyclic amines) is 1. The van der Waals surface area contributed by atoms with Gasteiger partial charge in [-0.15, -0.1) is 0 Å². The van der Waals surface area contributed by atoms with Crippen molar-refractivity contribution in [1.82, 2.24) is 10.2 Å². The van der Waals surface area contributed by atoms with Crippen LogP contribution in [0.4, 0.5) is 0 Å². The molecule has 0 bridgehead atoms. The SMILES string of the molecule is O=C(NCCC(=O)N1C[C@H](C(=O)O)[C@@H](C2CC2)C1)c1ccco1. The first-order valence-corrected chi connectivity index (χ1v) is 7.88. The van der Waals surface area contributed by atoms with Gasteiger partial charge in [0.25, 0.3) is 5.91 Å². The van der Waals surface area contributed by atoms with Gasteiger partial charge in [0.1, 0.15) is 0 Å². The number of carbonyl (C=O) groups excluding carboxylic acids is 2. The molecule has 124 valence electrons. The van der Waals surface area contributed by atoms with Crippen LogP contribution in [0.1, 0.15) is 29.8 Å². The number of aliphatic carboxylic acids is 1. The first kappa shape index (κ1) is 15.6. The second kappa shape index (κ2) is 6.44. The summed E-state index contributed by atoms with van der Waals surface area (Å²) in [5, 5.41) is 11.9. The van der Waals surface area contributed by atoms with Gasteiger partial charge in [-0.3, -0.25) is 14.4 Å². The average Bonchev–Trinajstić information content (AvgIpc) is 3.05. The molecule has 1 aliphatic heterocycles. The summed E-state index contributed by atoms with van der Waals surface area (Å²) in [6.07, 6.45) is 3.70. The quantitative estimate of drug-likeness (QED) is 0.813. The van der Waals surface area contributed by atoms with Crippen molar-refractivity contribution in [2.24, 2.45) is 17.8 Å². The molecular formula is C16H20N2O5. The number of amides is 2. The predicted molar refractivity (Wildman–Crippen MR) is 79.6 cm³/mol. The standard InChI is InChI=1S/C16H20N2O5/c19-14(5-6-17-15(20)13-2-1-7-23-13)18-8-11(10-3-4-10)12(9-18)16(21)22/h1-2,7,10-12H,3-6,8-9H2,(H,17,20)(H,21,22)/t11-,12+/m1/s1. The molecule has 0 unspecified atom stereocenters. The second-order valence-corrected chi connectivity index (χ2v) is 6.23. The van der Waals surface area contributed by atoms with Crippen LogP contribution in [0, 0.1) is 17.8 Å². The second-order valence-electron chi connectivity index (χ2n) is 6.23. The molecule has 1 aromatic rings. The predicted octanol–water partition coefficient (Wildman–Crippen LogP) is 0.969. The third-order valence-corrected chi connectivity index (χ3v) is 4.63. The summed E-state index contributed by atoms with van der Waals surface area (Å²) >= 11 is 0. The Bertz CT molecular complexity index is 594. The molecule has 0 aromatic carbocycles. The van der Waals surface area contributed by atoms with Crippen molar-refractivity contribution in [2.75, 3.05) is 19.6 Å². The van der Waals surface area contributed by atoms with Gasteiger partial charge < -0.3 is 19.7 Å². The number of hydrogen-bond acceptors (Lipinski definition) is 4. The highest BCUT2D eigenvalue weighted by atomic mass is 16.4. The lowest BCUT2D eigenvalue weighted by Crippen LogP contribution is -2.33. The van der Waals surface area contributed by atoms with Crippen LogP contribution in [0.3, 0.4) is 0 Å². The molecule has 1 saturated carbocycles. The van der Waals surface area contributed by atoms with Crippen molar-refractivity contribution in [3.8, 4) is 0 Å². The topological polar surface area (TPSA) is 99.9 Å². The fraction of sp³-hybridized carbons (Fsp3) is 0.562. The van der Waals surface area contributed by atoms with Crippen molar-refractivity contribution >= 4 is 17.8 Å². The number of carboxylic acid groups (broad SMARTS) is 1. The summed E-state index contributed by atoms with van der Waals surface area (Å²) in [6.45, 7) is 1.01. The van der Waals surface area contributed by atoms with E-state index in [1.807, 2.05) is 0 Å². The summed E-state index contributed by atoms with van der Waals surface area (Å²) < 4.78 is 4.97. The minimum atomic E-state index is -0.816. The van der Waals surface area contributed by atoms with Gasteiger partial charge in [-0.2, -0.15) is 0 Å². The molecule has 2 amide bonds. The van der Waals surface area contributed by atoms with Crippen LogP contribution in [0.5, 0.6) is 0 Å². The van der Waals surface area contributed by atoms with E-state index >= 15 is 0 Å². The molecule has 2 heterocycles. The molecule has 7 nitrogen and oxygen atoms in total. The Morgan fingerprint density at radius 1 is 1.30 bits per heavy atom. The Balaban J connectivity index is 1.47. The highest BCUT2D eigenvalue weighted by Crippen LogP contribution is 2.44. The summed E-state index contributed by atoms with van der Waals surface area (Å²) in [4.78, 5) is 36.9. The van der Waals surface area contributed by atoms with E-state index in [0.717, 1.165) is 12.8 Å². The highest BCUT2D eigenvalue weighted by molar-refractivity contribution is 5.91. The van der Waals surface area contributed by atoms with Gasteiger partial charge in [0.05, 0.1) is 12.2 Å². The number of hydrogen-bond donors (Lipinski definition) is 2. The monoisotopic (exact) mass is 320 g/mol. The maximum atomic E-state index is 12.2. The van der Waals surface area contributed by atoms with Crippen LogP contribution >= 0.6 is 0 Å². The number of furan rings is 1. The van der Waals surface area contributed by atoms with Gasteiger partial charge in [0.15, 0.2) is 5.76 Å². The summed E-state index contributed by atoms with van der Waals surface area (Å²) in [6, 6.07) is 3.17. The zero-order chi connectivity index (χ0) is 16.4. The Labute approximate surface area is 133 Å². The lowest BCUT2D eigenvalue weighted by Gasteiger charge is -2.16. The lowest BCUT2D eigenvalue weighted by molar-refractivity contribution is -0.142. The zero-order valence-corrected chi connectivity index (χ0v) is 12.7. The van der Waals surface area contributed by atoms with Crippen LogP contribution in [0.25, 0.3) is 0 Å². The van der Waals surface area contributed by atoms with Gasteiger partial charge in [0.2, 0.25) is 5.91 Å². The highest BCUT2D eigenvalue weighted by Gasteiger charge is 2.46. The minimum Gasteiger partial charge on any atom is -0.481 e. The normalized spacial score (nSPS) is 23.7. The van der Waals surface area contributed by atoms with E-state index in [-0.39, 0.29) is 43.0 Å². The average molecular weight is 320 g/mol. The molecule has 1 aliphatic carbocycles. The smallest absolute Gasteiger partial charge is 0.308 e. The number of nitrogens with zero attached hydrogens (tertiary/aromatic N) is 1. The van der Waals surface area contributed by atoms with Crippen molar-refractivity contribution in [2.45, 2.75) is 19.3 Å². The maximum absolute atomic E-state index is 12.2. The summed E-state index contributed by atoms with van der Waals surface area (Å²) in [5.74, 6) is -1.00. The summed E-state index contributed by atoms with van der Waals surface area (Å²) in [7, 11) is 0. The van der Waals surface area contributed by atoms with Crippen LogP contribution in [-0.4, -0.2) is 47.4 Å². The van der Waals surface area contributed by atoms with Crippen LogP contribution in [-0.2, 0) is 9.59 Å². The zero-order valence-electron chi connectivity index (χ0n) is 12.7. The van der Waals surface area contributed by atoms with Crippen molar-refractivity contribution in [3.63, 3.8) is 0 Å². The van der Waals surface area contributed by atoms with E-state index in [1.54, 1.807) is 17.0 Å². The third kappa shape index (κ3) is 3.55. The van der Waals surface area contributed by atoms with Crippen molar-refractivity contribution in [1.29, 1.82) is 0 Å².